The quantitative estimate of drug-likeness (QED) is 0.385. The highest BCUT2D eigenvalue weighted by Gasteiger charge is 2.29. The number of carbonyl (C=O) groups is 3. The molecule has 1 aliphatic carbocycles. The Kier molecular flexibility index (Phi) is 5.96. The van der Waals surface area contributed by atoms with E-state index in [9.17, 15) is 14.4 Å². The molecule has 1 atom stereocenters. The summed E-state index contributed by atoms with van der Waals surface area (Å²) in [6.07, 6.45) is 2.73. The summed E-state index contributed by atoms with van der Waals surface area (Å²) in [7, 11) is 0. The molecule has 0 spiro atoms. The lowest BCUT2D eigenvalue weighted by molar-refractivity contribution is 0.0872. The molecule has 1 aliphatic rings. The van der Waals surface area contributed by atoms with Gasteiger partial charge >= 0.3 is 0 Å². The van der Waals surface area contributed by atoms with E-state index in [2.05, 4.69) is 10.6 Å². The minimum atomic E-state index is -1.03. The summed E-state index contributed by atoms with van der Waals surface area (Å²) in [6.45, 7) is 0. The van der Waals surface area contributed by atoms with Crippen LogP contribution in [0.25, 0.3) is 0 Å². The molecule has 2 amide bonds. The van der Waals surface area contributed by atoms with E-state index in [1.54, 1.807) is 41.8 Å². The lowest BCUT2D eigenvalue weighted by atomic mass is 9.95. The minimum absolute atomic E-state index is 0.290. The number of nitrogens with two attached hydrogens (primary N) is 1. The molecular formula is C22H21N3O3S2. The molecule has 2 heterocycles. The largest absolute Gasteiger partial charge is 0.365 e. The number of primary amides is 1. The molecule has 6 nitrogen and oxygen atoms in total. The molecule has 4 rings (SSSR count). The Morgan fingerprint density at radius 2 is 1.77 bits per heavy atom. The maximum absolute atomic E-state index is 13.2. The van der Waals surface area contributed by atoms with Crippen molar-refractivity contribution in [3.63, 3.8) is 0 Å². The highest BCUT2D eigenvalue weighted by molar-refractivity contribution is 7.16. The van der Waals surface area contributed by atoms with Crippen molar-refractivity contribution in [2.45, 2.75) is 31.8 Å². The van der Waals surface area contributed by atoms with E-state index in [-0.39, 0.29) is 11.7 Å². The molecule has 154 valence electrons. The number of thiophene rings is 2. The smallest absolute Gasteiger partial charge is 0.263 e. The van der Waals surface area contributed by atoms with Crippen molar-refractivity contribution in [3.8, 4) is 0 Å². The number of carbonyl (C=O) groups excluding carboxylic acids is 3. The maximum atomic E-state index is 13.2. The maximum Gasteiger partial charge on any atom is 0.263 e. The van der Waals surface area contributed by atoms with Crippen molar-refractivity contribution in [2.24, 2.45) is 5.73 Å². The van der Waals surface area contributed by atoms with E-state index in [4.69, 9.17) is 5.73 Å². The number of fused-ring (bicyclic) bond motifs is 1. The lowest BCUT2D eigenvalue weighted by Gasteiger charge is -2.20. The zero-order valence-corrected chi connectivity index (χ0v) is 17.8. The molecule has 0 saturated heterocycles. The SMILES string of the molecule is NC(=O)c1c(NC(NC(=O)c2cccs2)C(=O)c2ccccc2)sc2c1CCCC2. The van der Waals surface area contributed by atoms with Crippen LogP contribution in [-0.2, 0) is 12.8 Å². The van der Waals surface area contributed by atoms with Crippen LogP contribution in [0.1, 0.15) is 53.7 Å². The van der Waals surface area contributed by atoms with Crippen molar-refractivity contribution in [2.75, 3.05) is 5.32 Å². The predicted molar refractivity (Wildman–Crippen MR) is 119 cm³/mol. The molecule has 0 fully saturated rings. The Morgan fingerprint density at radius 1 is 1.00 bits per heavy atom. The molecule has 0 saturated carbocycles. The molecule has 1 unspecified atom stereocenters. The molecule has 0 aliphatic heterocycles. The first kappa shape index (κ1) is 20.3. The van der Waals surface area contributed by atoms with Crippen LogP contribution >= 0.6 is 22.7 Å². The zero-order valence-electron chi connectivity index (χ0n) is 16.1. The fourth-order valence-electron chi connectivity index (χ4n) is 3.61. The normalized spacial score (nSPS) is 13.9. The fourth-order valence-corrected chi connectivity index (χ4v) is 5.56. The third-order valence-corrected chi connectivity index (χ3v) is 7.13. The van der Waals surface area contributed by atoms with E-state index in [0.717, 1.165) is 36.1 Å². The summed E-state index contributed by atoms with van der Waals surface area (Å²) in [5.74, 6) is -1.16. The van der Waals surface area contributed by atoms with Crippen molar-refractivity contribution >= 4 is 45.3 Å². The van der Waals surface area contributed by atoms with Crippen LogP contribution in [0.5, 0.6) is 0 Å². The van der Waals surface area contributed by atoms with E-state index in [1.165, 1.54) is 22.7 Å². The third-order valence-electron chi connectivity index (χ3n) is 5.03. The van der Waals surface area contributed by atoms with Gasteiger partial charge in [-0.25, -0.2) is 0 Å². The number of ketones is 1. The number of hydrogen-bond acceptors (Lipinski definition) is 6. The van der Waals surface area contributed by atoms with E-state index < -0.39 is 12.1 Å². The Labute approximate surface area is 182 Å². The molecular weight excluding hydrogens is 418 g/mol. The van der Waals surface area contributed by atoms with Gasteiger partial charge in [-0.3, -0.25) is 14.4 Å². The van der Waals surface area contributed by atoms with Crippen LogP contribution in [0.4, 0.5) is 5.00 Å². The second-order valence-corrected chi connectivity index (χ2v) is 9.09. The molecule has 2 aromatic heterocycles. The molecule has 1 aromatic carbocycles. The molecule has 0 bridgehead atoms. The Balaban J connectivity index is 1.68. The van der Waals surface area contributed by atoms with Gasteiger partial charge in [-0.2, -0.15) is 0 Å². The van der Waals surface area contributed by atoms with Crippen LogP contribution in [0.3, 0.4) is 0 Å². The van der Waals surface area contributed by atoms with Gasteiger partial charge in [0.2, 0.25) is 5.78 Å². The zero-order chi connectivity index (χ0) is 21.1. The summed E-state index contributed by atoms with van der Waals surface area (Å²) in [4.78, 5) is 39.7. The molecule has 3 aromatic rings. The van der Waals surface area contributed by atoms with Crippen LogP contribution in [0.15, 0.2) is 47.8 Å². The van der Waals surface area contributed by atoms with Crippen LogP contribution in [0.2, 0.25) is 0 Å². The summed E-state index contributed by atoms with van der Waals surface area (Å²) in [5, 5.41) is 8.23. The van der Waals surface area contributed by atoms with Gasteiger partial charge in [0, 0.05) is 10.4 Å². The summed E-state index contributed by atoms with van der Waals surface area (Å²) in [6, 6.07) is 12.2. The number of rotatable bonds is 7. The molecule has 30 heavy (non-hydrogen) atoms. The number of aryl methyl sites for hydroxylation is 1. The summed E-state index contributed by atoms with van der Waals surface area (Å²) in [5.41, 5.74) is 7.55. The average molecular weight is 440 g/mol. The van der Waals surface area contributed by atoms with E-state index in [1.807, 2.05) is 6.07 Å². The molecule has 0 radical (unpaired) electrons. The van der Waals surface area contributed by atoms with Crippen LogP contribution in [-0.4, -0.2) is 23.8 Å². The van der Waals surface area contributed by atoms with Crippen molar-refractivity contribution < 1.29 is 14.4 Å². The first-order valence-electron chi connectivity index (χ1n) is 9.69. The molecule has 4 N–H and O–H groups in total. The van der Waals surface area contributed by atoms with Crippen LogP contribution in [0, 0.1) is 0 Å². The minimum Gasteiger partial charge on any atom is -0.365 e. The van der Waals surface area contributed by atoms with Gasteiger partial charge < -0.3 is 16.4 Å². The number of anilines is 1. The fraction of sp³-hybridized carbons (Fsp3) is 0.227. The standard InChI is InChI=1S/C22H21N3O3S2/c23-19(27)17-14-9-4-5-10-15(14)30-22(17)25-20(18(26)13-7-2-1-3-8-13)24-21(28)16-11-6-12-29-16/h1-3,6-8,11-12,20,25H,4-5,9-10H2,(H2,23,27)(H,24,28). The molecule has 8 heteroatoms. The van der Waals surface area contributed by atoms with Crippen molar-refractivity contribution in [1.82, 2.24) is 5.32 Å². The number of nitrogens with one attached hydrogen (secondary N) is 2. The van der Waals surface area contributed by atoms with E-state index >= 15 is 0 Å². The highest BCUT2D eigenvalue weighted by atomic mass is 32.1. The Bertz CT molecular complexity index is 1070. The van der Waals surface area contributed by atoms with E-state index in [0.29, 0.717) is 21.0 Å². The van der Waals surface area contributed by atoms with Gasteiger partial charge in [-0.05, 0) is 42.7 Å². The first-order valence-corrected chi connectivity index (χ1v) is 11.4. The van der Waals surface area contributed by atoms with Crippen LogP contribution < -0.4 is 16.4 Å². The summed E-state index contributed by atoms with van der Waals surface area (Å²) < 4.78 is 0. The predicted octanol–water partition coefficient (Wildman–Crippen LogP) is 3.84. The number of Topliss-reactive ketones (excluding diaryl/α,β-unsaturated/α-hetero) is 1. The Morgan fingerprint density at radius 3 is 2.47 bits per heavy atom. The van der Waals surface area contributed by atoms with Gasteiger partial charge in [0.1, 0.15) is 5.00 Å². The van der Waals surface area contributed by atoms with Gasteiger partial charge in [-0.1, -0.05) is 36.4 Å². The van der Waals surface area contributed by atoms with Gasteiger partial charge in [0.25, 0.3) is 11.8 Å². The monoisotopic (exact) mass is 439 g/mol. The van der Waals surface area contributed by atoms with Crippen molar-refractivity contribution in [1.29, 1.82) is 0 Å². The van der Waals surface area contributed by atoms with Crippen molar-refractivity contribution in [3.05, 3.63) is 74.3 Å². The second kappa shape index (κ2) is 8.81. The third kappa shape index (κ3) is 4.15. The topological polar surface area (TPSA) is 101 Å². The average Bonchev–Trinajstić information content (AvgIpc) is 3.41. The highest BCUT2D eigenvalue weighted by Crippen LogP contribution is 2.38. The van der Waals surface area contributed by atoms with Gasteiger partial charge in [-0.15, -0.1) is 22.7 Å². The number of benzene rings is 1. The number of amides is 2. The Hall–Kier alpha value is -2.97. The van der Waals surface area contributed by atoms with Gasteiger partial charge in [0.15, 0.2) is 6.17 Å². The summed E-state index contributed by atoms with van der Waals surface area (Å²) >= 11 is 2.74. The first-order chi connectivity index (χ1) is 14.5. The van der Waals surface area contributed by atoms with Gasteiger partial charge in [0.05, 0.1) is 10.4 Å². The second-order valence-electron chi connectivity index (χ2n) is 7.04. The number of hydrogen-bond donors (Lipinski definition) is 3. The lowest BCUT2D eigenvalue weighted by Crippen LogP contribution is -2.46.